The van der Waals surface area contributed by atoms with Crippen molar-refractivity contribution in [2.45, 2.75) is 18.9 Å². The summed E-state index contributed by atoms with van der Waals surface area (Å²) in [7, 11) is 1.52. The molecule has 0 spiro atoms. The van der Waals surface area contributed by atoms with Crippen molar-refractivity contribution in [1.29, 1.82) is 0 Å². The fourth-order valence-electron chi connectivity index (χ4n) is 2.92. The lowest BCUT2D eigenvalue weighted by Gasteiger charge is -2.32. The van der Waals surface area contributed by atoms with Gasteiger partial charge < -0.3 is 15.0 Å². The molecule has 8 heteroatoms. The van der Waals surface area contributed by atoms with Gasteiger partial charge in [0, 0.05) is 36.5 Å². The number of amides is 2. The Balaban J connectivity index is 1.59. The number of methoxy groups -OCH3 is 1. The van der Waals surface area contributed by atoms with Crippen LogP contribution >= 0.6 is 11.6 Å². The highest BCUT2D eigenvalue weighted by Crippen LogP contribution is 2.25. The van der Waals surface area contributed by atoms with Gasteiger partial charge in [-0.1, -0.05) is 11.6 Å². The molecule has 3 rings (SSSR count). The van der Waals surface area contributed by atoms with E-state index < -0.39 is 0 Å². The summed E-state index contributed by atoms with van der Waals surface area (Å²) in [6, 6.07) is 4.98. The van der Waals surface area contributed by atoms with Crippen molar-refractivity contribution in [1.82, 2.24) is 20.2 Å². The van der Waals surface area contributed by atoms with Gasteiger partial charge in [-0.3, -0.25) is 14.6 Å². The van der Waals surface area contributed by atoms with Gasteiger partial charge in [-0.15, -0.1) is 0 Å². The Morgan fingerprint density at radius 2 is 2.04 bits per heavy atom. The summed E-state index contributed by atoms with van der Waals surface area (Å²) < 4.78 is 5.26. The molecule has 7 nitrogen and oxygen atoms in total. The number of carbonyl (C=O) groups is 2. The molecule has 1 aromatic carbocycles. The van der Waals surface area contributed by atoms with Gasteiger partial charge >= 0.3 is 0 Å². The van der Waals surface area contributed by atoms with Gasteiger partial charge in [0.05, 0.1) is 18.9 Å². The second kappa shape index (κ2) is 8.14. The van der Waals surface area contributed by atoms with Crippen molar-refractivity contribution >= 4 is 23.4 Å². The fraction of sp³-hybridized carbons (Fsp3) is 0.333. The van der Waals surface area contributed by atoms with Crippen LogP contribution in [0.5, 0.6) is 5.75 Å². The van der Waals surface area contributed by atoms with Gasteiger partial charge in [-0.05, 0) is 31.0 Å². The SMILES string of the molecule is COc1ccc(Cl)cc1C(=O)N1CCC(NC(=O)c2cnccn2)CC1. The normalized spacial score (nSPS) is 14.8. The van der Waals surface area contributed by atoms with Crippen molar-refractivity contribution in [2.24, 2.45) is 0 Å². The van der Waals surface area contributed by atoms with Crippen LogP contribution in [0.2, 0.25) is 5.02 Å². The molecule has 0 bridgehead atoms. The maximum absolute atomic E-state index is 12.8. The van der Waals surface area contributed by atoms with E-state index in [9.17, 15) is 9.59 Å². The quantitative estimate of drug-likeness (QED) is 0.886. The largest absolute Gasteiger partial charge is 0.496 e. The molecule has 1 aliphatic rings. The molecule has 2 aromatic rings. The van der Waals surface area contributed by atoms with Crippen LogP contribution in [0.4, 0.5) is 0 Å². The summed E-state index contributed by atoms with van der Waals surface area (Å²) in [4.78, 5) is 34.5. The number of carbonyl (C=O) groups excluding carboxylic acids is 2. The number of hydrogen-bond acceptors (Lipinski definition) is 5. The van der Waals surface area contributed by atoms with Crippen molar-refractivity contribution < 1.29 is 14.3 Å². The monoisotopic (exact) mass is 374 g/mol. The third kappa shape index (κ3) is 4.11. The first-order valence-corrected chi connectivity index (χ1v) is 8.66. The molecular weight excluding hydrogens is 356 g/mol. The molecule has 0 radical (unpaired) electrons. The Morgan fingerprint density at radius 3 is 2.69 bits per heavy atom. The number of piperidine rings is 1. The molecule has 0 aliphatic carbocycles. The zero-order valence-electron chi connectivity index (χ0n) is 14.3. The summed E-state index contributed by atoms with van der Waals surface area (Å²) in [5.41, 5.74) is 0.733. The Labute approximate surface area is 156 Å². The topological polar surface area (TPSA) is 84.4 Å². The number of aromatic nitrogens is 2. The Hall–Kier alpha value is -2.67. The summed E-state index contributed by atoms with van der Waals surface area (Å²) >= 11 is 6.01. The lowest BCUT2D eigenvalue weighted by atomic mass is 10.0. The zero-order valence-corrected chi connectivity index (χ0v) is 15.1. The van der Waals surface area contributed by atoms with Gasteiger partial charge in [-0.2, -0.15) is 0 Å². The summed E-state index contributed by atoms with van der Waals surface area (Å²) in [5, 5.41) is 3.43. The molecule has 0 unspecified atom stereocenters. The third-order valence-electron chi connectivity index (χ3n) is 4.31. The van der Waals surface area contributed by atoms with E-state index in [0.29, 0.717) is 42.3 Å². The molecule has 0 atom stereocenters. The molecule has 1 aliphatic heterocycles. The molecule has 136 valence electrons. The van der Waals surface area contributed by atoms with Crippen LogP contribution in [0.3, 0.4) is 0 Å². The molecule has 1 saturated heterocycles. The predicted octanol–water partition coefficient (Wildman–Crippen LogP) is 2.17. The van der Waals surface area contributed by atoms with Gasteiger partial charge in [0.25, 0.3) is 11.8 Å². The van der Waals surface area contributed by atoms with Crippen molar-refractivity contribution in [3.63, 3.8) is 0 Å². The molecule has 2 heterocycles. The average Bonchev–Trinajstić information content (AvgIpc) is 2.68. The second-order valence-corrected chi connectivity index (χ2v) is 6.41. The summed E-state index contributed by atoms with van der Waals surface area (Å²) in [6.07, 6.45) is 5.76. The van der Waals surface area contributed by atoms with E-state index in [0.717, 1.165) is 0 Å². The maximum atomic E-state index is 12.8. The Morgan fingerprint density at radius 1 is 1.27 bits per heavy atom. The lowest BCUT2D eigenvalue weighted by Crippen LogP contribution is -2.46. The highest BCUT2D eigenvalue weighted by Gasteiger charge is 2.26. The summed E-state index contributed by atoms with van der Waals surface area (Å²) in [5.74, 6) is 0.125. The summed E-state index contributed by atoms with van der Waals surface area (Å²) in [6.45, 7) is 1.08. The molecule has 0 saturated carbocycles. The van der Waals surface area contributed by atoms with Crippen molar-refractivity contribution in [3.8, 4) is 5.75 Å². The number of halogens is 1. The maximum Gasteiger partial charge on any atom is 0.271 e. The van der Waals surface area contributed by atoms with E-state index in [4.69, 9.17) is 16.3 Å². The molecule has 26 heavy (non-hydrogen) atoms. The first-order chi connectivity index (χ1) is 12.6. The van der Waals surface area contributed by atoms with Crippen LogP contribution < -0.4 is 10.1 Å². The fourth-order valence-corrected chi connectivity index (χ4v) is 3.09. The van der Waals surface area contributed by atoms with E-state index in [1.165, 1.54) is 25.7 Å². The van der Waals surface area contributed by atoms with Crippen LogP contribution in [-0.2, 0) is 0 Å². The number of ether oxygens (including phenoxy) is 1. The van der Waals surface area contributed by atoms with Crippen LogP contribution in [0, 0.1) is 0 Å². The van der Waals surface area contributed by atoms with Gasteiger partial charge in [-0.25, -0.2) is 4.98 Å². The van der Waals surface area contributed by atoms with Gasteiger partial charge in [0.2, 0.25) is 0 Å². The lowest BCUT2D eigenvalue weighted by molar-refractivity contribution is 0.0694. The third-order valence-corrected chi connectivity index (χ3v) is 4.54. The van der Waals surface area contributed by atoms with Crippen molar-refractivity contribution in [2.75, 3.05) is 20.2 Å². The predicted molar refractivity (Wildman–Crippen MR) is 96.4 cm³/mol. The highest BCUT2D eigenvalue weighted by molar-refractivity contribution is 6.31. The van der Waals surface area contributed by atoms with E-state index >= 15 is 0 Å². The minimum absolute atomic E-state index is 0.00480. The van der Waals surface area contributed by atoms with Crippen LogP contribution in [-0.4, -0.2) is 52.9 Å². The van der Waals surface area contributed by atoms with Crippen molar-refractivity contribution in [3.05, 3.63) is 53.1 Å². The van der Waals surface area contributed by atoms with E-state index in [2.05, 4.69) is 15.3 Å². The second-order valence-electron chi connectivity index (χ2n) is 5.98. The smallest absolute Gasteiger partial charge is 0.271 e. The number of hydrogen-bond donors (Lipinski definition) is 1. The van der Waals surface area contributed by atoms with E-state index in [-0.39, 0.29) is 23.6 Å². The molecular formula is C18H19ClN4O3. The van der Waals surface area contributed by atoms with Gasteiger partial charge in [0.1, 0.15) is 11.4 Å². The molecule has 1 fully saturated rings. The van der Waals surface area contributed by atoms with E-state index in [1.807, 2.05) is 0 Å². The average molecular weight is 375 g/mol. The minimum Gasteiger partial charge on any atom is -0.496 e. The molecule has 1 aromatic heterocycles. The van der Waals surface area contributed by atoms with Crippen LogP contribution in [0.1, 0.15) is 33.7 Å². The minimum atomic E-state index is -0.251. The number of rotatable bonds is 4. The first kappa shape index (κ1) is 18.1. The van der Waals surface area contributed by atoms with Crippen LogP contribution in [0.25, 0.3) is 0 Å². The Kier molecular flexibility index (Phi) is 5.68. The van der Waals surface area contributed by atoms with Crippen LogP contribution in [0.15, 0.2) is 36.8 Å². The number of likely N-dealkylation sites (tertiary alicyclic amines) is 1. The molecule has 2 amide bonds. The zero-order chi connectivity index (χ0) is 18.5. The Bertz CT molecular complexity index is 792. The van der Waals surface area contributed by atoms with Gasteiger partial charge in [0.15, 0.2) is 0 Å². The molecule has 1 N–H and O–H groups in total. The van der Waals surface area contributed by atoms with E-state index in [1.54, 1.807) is 23.1 Å². The first-order valence-electron chi connectivity index (χ1n) is 8.28. The standard InChI is InChI=1S/C18H19ClN4O3/c1-26-16-3-2-12(19)10-14(16)18(25)23-8-4-13(5-9-23)22-17(24)15-11-20-6-7-21-15/h2-3,6-7,10-11,13H,4-5,8-9H2,1H3,(H,22,24). The number of benzene rings is 1. The highest BCUT2D eigenvalue weighted by atomic mass is 35.5. The number of nitrogens with zero attached hydrogens (tertiary/aromatic N) is 3. The number of nitrogens with one attached hydrogen (secondary N) is 1.